The highest BCUT2D eigenvalue weighted by Gasteiger charge is 2.30. The number of piperidine rings is 1. The van der Waals surface area contributed by atoms with Gasteiger partial charge >= 0.3 is 0 Å². The van der Waals surface area contributed by atoms with Gasteiger partial charge in [-0.05, 0) is 42.7 Å². The number of thiazole rings is 1. The minimum absolute atomic E-state index is 0.128. The molecule has 30 heavy (non-hydrogen) atoms. The van der Waals surface area contributed by atoms with Gasteiger partial charge in [0.05, 0.1) is 10.2 Å². The summed E-state index contributed by atoms with van der Waals surface area (Å²) in [4.78, 5) is 17.0. The number of sulfonamides is 1. The number of amides is 1. The Kier molecular flexibility index (Phi) is 6.19. The average molecular weight is 462 g/mol. The van der Waals surface area contributed by atoms with Gasteiger partial charge in [-0.2, -0.15) is 4.31 Å². The molecule has 4 rings (SSSR count). The van der Waals surface area contributed by atoms with Gasteiger partial charge < -0.3 is 5.32 Å². The molecule has 9 heteroatoms. The highest BCUT2D eigenvalue weighted by atomic mass is 35.5. The third-order valence-corrected chi connectivity index (χ3v) is 7.73. The van der Waals surface area contributed by atoms with Crippen molar-refractivity contribution in [3.05, 3.63) is 64.5 Å². The molecule has 1 N–H and O–H groups in total. The SMILES string of the molecule is O=C(Nc1nc2ccc(Cl)cc2s1)C1CCN(S(=O)(=O)/C=C/c2ccccc2)CC1. The van der Waals surface area contributed by atoms with Crippen LogP contribution in [-0.4, -0.2) is 36.7 Å². The number of anilines is 1. The quantitative estimate of drug-likeness (QED) is 0.602. The first kappa shape index (κ1) is 21.0. The Morgan fingerprint density at radius 1 is 1.17 bits per heavy atom. The van der Waals surface area contributed by atoms with E-state index in [2.05, 4.69) is 10.3 Å². The summed E-state index contributed by atoms with van der Waals surface area (Å²) in [5, 5.41) is 5.25. The van der Waals surface area contributed by atoms with Crippen LogP contribution in [0.2, 0.25) is 5.02 Å². The molecule has 1 saturated heterocycles. The fourth-order valence-corrected chi connectivity index (χ4v) is 5.71. The molecule has 0 saturated carbocycles. The van der Waals surface area contributed by atoms with E-state index in [0.717, 1.165) is 15.8 Å². The minimum Gasteiger partial charge on any atom is -0.302 e. The second kappa shape index (κ2) is 8.85. The zero-order valence-corrected chi connectivity index (χ0v) is 18.4. The Bertz CT molecular complexity index is 1180. The van der Waals surface area contributed by atoms with E-state index in [4.69, 9.17) is 11.6 Å². The average Bonchev–Trinajstić information content (AvgIpc) is 3.14. The maximum Gasteiger partial charge on any atom is 0.236 e. The van der Waals surface area contributed by atoms with Crippen molar-refractivity contribution >= 4 is 60.3 Å². The predicted molar refractivity (Wildman–Crippen MR) is 122 cm³/mol. The minimum atomic E-state index is -3.51. The van der Waals surface area contributed by atoms with Crippen LogP contribution in [0, 0.1) is 5.92 Å². The molecule has 0 spiro atoms. The van der Waals surface area contributed by atoms with Gasteiger partial charge in [0.2, 0.25) is 15.9 Å². The third-order valence-electron chi connectivity index (χ3n) is 5.00. The van der Waals surface area contributed by atoms with Crippen LogP contribution in [0.4, 0.5) is 5.13 Å². The van der Waals surface area contributed by atoms with E-state index in [1.807, 2.05) is 42.5 Å². The Morgan fingerprint density at radius 2 is 1.90 bits per heavy atom. The normalized spacial score (nSPS) is 16.3. The first-order valence-electron chi connectivity index (χ1n) is 9.51. The second-order valence-electron chi connectivity index (χ2n) is 7.05. The maximum absolute atomic E-state index is 12.6. The monoisotopic (exact) mass is 461 g/mol. The molecule has 1 amide bonds. The van der Waals surface area contributed by atoms with Gasteiger partial charge in [-0.25, -0.2) is 13.4 Å². The summed E-state index contributed by atoms with van der Waals surface area (Å²) in [6.07, 6.45) is 2.54. The molecule has 0 radical (unpaired) electrons. The molecule has 6 nitrogen and oxygen atoms in total. The van der Waals surface area contributed by atoms with Gasteiger partial charge in [0.15, 0.2) is 5.13 Å². The van der Waals surface area contributed by atoms with Gasteiger partial charge in [-0.1, -0.05) is 53.3 Å². The van der Waals surface area contributed by atoms with Crippen molar-refractivity contribution in [2.45, 2.75) is 12.8 Å². The van der Waals surface area contributed by atoms with E-state index in [-0.39, 0.29) is 11.8 Å². The van der Waals surface area contributed by atoms with E-state index < -0.39 is 10.0 Å². The zero-order valence-electron chi connectivity index (χ0n) is 16.0. The molecule has 0 atom stereocenters. The zero-order chi connectivity index (χ0) is 21.1. The highest BCUT2D eigenvalue weighted by molar-refractivity contribution is 7.92. The van der Waals surface area contributed by atoms with Crippen molar-refractivity contribution in [2.24, 2.45) is 5.92 Å². The Hall–Kier alpha value is -2.26. The number of hydrogen-bond acceptors (Lipinski definition) is 5. The van der Waals surface area contributed by atoms with Crippen LogP contribution in [0.5, 0.6) is 0 Å². The lowest BCUT2D eigenvalue weighted by molar-refractivity contribution is -0.120. The van der Waals surface area contributed by atoms with E-state index in [1.54, 1.807) is 12.1 Å². The van der Waals surface area contributed by atoms with Crippen LogP contribution in [0.1, 0.15) is 18.4 Å². The molecule has 0 unspecified atom stereocenters. The van der Waals surface area contributed by atoms with Crippen molar-refractivity contribution in [2.75, 3.05) is 18.4 Å². The van der Waals surface area contributed by atoms with E-state index in [0.29, 0.717) is 36.1 Å². The summed E-state index contributed by atoms with van der Waals surface area (Å²) in [6.45, 7) is 0.629. The van der Waals surface area contributed by atoms with Crippen molar-refractivity contribution < 1.29 is 13.2 Å². The maximum atomic E-state index is 12.6. The lowest BCUT2D eigenvalue weighted by Gasteiger charge is -2.29. The molecule has 1 fully saturated rings. The number of carbonyl (C=O) groups excluding carboxylic acids is 1. The summed E-state index contributed by atoms with van der Waals surface area (Å²) < 4.78 is 27.5. The van der Waals surface area contributed by atoms with Crippen LogP contribution >= 0.6 is 22.9 Å². The van der Waals surface area contributed by atoms with Gasteiger partial charge in [-0.15, -0.1) is 0 Å². The standard InChI is InChI=1S/C21H20ClN3O3S2/c22-17-6-7-18-19(14-17)29-21(23-18)24-20(26)16-8-11-25(12-9-16)30(27,28)13-10-15-4-2-1-3-5-15/h1-7,10,13-14,16H,8-9,11-12H2,(H,23,24,26)/b13-10+. The third kappa shape index (κ3) is 4.89. The van der Waals surface area contributed by atoms with Crippen molar-refractivity contribution in [3.63, 3.8) is 0 Å². The predicted octanol–water partition coefficient (Wildman–Crippen LogP) is 4.60. The summed E-state index contributed by atoms with van der Waals surface area (Å²) in [5.41, 5.74) is 1.61. The summed E-state index contributed by atoms with van der Waals surface area (Å²) in [5.74, 6) is -0.373. The molecule has 2 aromatic carbocycles. The molecular weight excluding hydrogens is 442 g/mol. The number of aromatic nitrogens is 1. The largest absolute Gasteiger partial charge is 0.302 e. The number of fused-ring (bicyclic) bond motifs is 1. The molecule has 156 valence electrons. The Labute approximate surface area is 184 Å². The molecular formula is C21H20ClN3O3S2. The molecule has 1 aliphatic heterocycles. The van der Waals surface area contributed by atoms with E-state index in [9.17, 15) is 13.2 Å². The van der Waals surface area contributed by atoms with Crippen molar-refractivity contribution in [3.8, 4) is 0 Å². The van der Waals surface area contributed by atoms with Crippen molar-refractivity contribution in [1.29, 1.82) is 0 Å². The molecule has 1 aromatic heterocycles. The van der Waals surface area contributed by atoms with Crippen LogP contribution in [0.3, 0.4) is 0 Å². The van der Waals surface area contributed by atoms with Gasteiger partial charge in [0.25, 0.3) is 0 Å². The highest BCUT2D eigenvalue weighted by Crippen LogP contribution is 2.29. The molecule has 0 aliphatic carbocycles. The van der Waals surface area contributed by atoms with Crippen LogP contribution in [0.25, 0.3) is 16.3 Å². The van der Waals surface area contributed by atoms with Crippen LogP contribution in [0.15, 0.2) is 53.9 Å². The number of benzene rings is 2. The molecule has 0 bridgehead atoms. The number of carbonyl (C=O) groups is 1. The van der Waals surface area contributed by atoms with Crippen LogP contribution < -0.4 is 5.32 Å². The molecule has 1 aliphatic rings. The fourth-order valence-electron chi connectivity index (χ4n) is 3.35. The van der Waals surface area contributed by atoms with E-state index >= 15 is 0 Å². The number of halogens is 1. The molecule has 2 heterocycles. The Morgan fingerprint density at radius 3 is 2.63 bits per heavy atom. The van der Waals surface area contributed by atoms with Crippen LogP contribution in [-0.2, 0) is 14.8 Å². The van der Waals surface area contributed by atoms with Gasteiger partial charge in [0.1, 0.15) is 0 Å². The second-order valence-corrected chi connectivity index (χ2v) is 10.3. The number of hydrogen-bond donors (Lipinski definition) is 1. The summed E-state index contributed by atoms with van der Waals surface area (Å²) in [7, 11) is -3.51. The van der Waals surface area contributed by atoms with Gasteiger partial charge in [0, 0.05) is 29.4 Å². The lowest BCUT2D eigenvalue weighted by Crippen LogP contribution is -2.40. The Balaban J connectivity index is 1.35. The molecule has 3 aromatic rings. The smallest absolute Gasteiger partial charge is 0.236 e. The number of nitrogens with one attached hydrogen (secondary N) is 1. The van der Waals surface area contributed by atoms with Crippen molar-refractivity contribution in [1.82, 2.24) is 9.29 Å². The van der Waals surface area contributed by atoms with E-state index in [1.165, 1.54) is 21.1 Å². The number of rotatable bonds is 5. The first-order chi connectivity index (χ1) is 14.4. The fraction of sp³-hybridized carbons (Fsp3) is 0.238. The first-order valence-corrected chi connectivity index (χ1v) is 12.2. The van der Waals surface area contributed by atoms with Gasteiger partial charge in [-0.3, -0.25) is 4.79 Å². The summed E-state index contributed by atoms with van der Waals surface area (Å²) >= 11 is 7.37. The number of nitrogens with zero attached hydrogens (tertiary/aromatic N) is 2. The lowest BCUT2D eigenvalue weighted by atomic mass is 9.97. The summed E-state index contributed by atoms with van der Waals surface area (Å²) in [6, 6.07) is 14.7. The topological polar surface area (TPSA) is 79.4 Å².